The van der Waals surface area contributed by atoms with Crippen LogP contribution in [0.5, 0.6) is 0 Å². The minimum absolute atomic E-state index is 0.305. The van der Waals surface area contributed by atoms with Crippen molar-refractivity contribution in [1.82, 2.24) is 4.90 Å². The van der Waals surface area contributed by atoms with Crippen molar-refractivity contribution in [3.8, 4) is 0 Å². The van der Waals surface area contributed by atoms with Crippen LogP contribution in [-0.4, -0.2) is 29.3 Å². The zero-order chi connectivity index (χ0) is 16.8. The highest BCUT2D eigenvalue weighted by Gasteiger charge is 2.26. The molecule has 0 spiro atoms. The van der Waals surface area contributed by atoms with Gasteiger partial charge in [-0.1, -0.05) is 71.8 Å². The molecule has 0 aromatic carbocycles. The van der Waals surface area contributed by atoms with E-state index in [9.17, 15) is 5.11 Å². The van der Waals surface area contributed by atoms with E-state index < -0.39 is 0 Å². The molecule has 0 amide bonds. The summed E-state index contributed by atoms with van der Waals surface area (Å²) in [6, 6.07) is 0. The minimum Gasteiger partial charge on any atom is -0.378 e. The van der Waals surface area contributed by atoms with E-state index in [1.54, 1.807) is 0 Å². The maximum absolute atomic E-state index is 10.8. The van der Waals surface area contributed by atoms with E-state index in [1.807, 2.05) is 0 Å². The first-order chi connectivity index (χ1) is 10.6. The standard InChI is InChI=1S/C20H39NO/c1-6-10-12-13-15-18(5)19(9-4)20(22)21(16-8-3)17-14-11-7-2/h10,12-13,15,18-20,22H,6-9,11,14,16-17H2,1-5H3/b12-10-,15-13-. The van der Waals surface area contributed by atoms with E-state index in [-0.39, 0.29) is 6.23 Å². The first kappa shape index (κ1) is 21.4. The average Bonchev–Trinajstić information content (AvgIpc) is 2.51. The summed E-state index contributed by atoms with van der Waals surface area (Å²) in [7, 11) is 0. The highest BCUT2D eigenvalue weighted by molar-refractivity contribution is 5.04. The average molecular weight is 310 g/mol. The van der Waals surface area contributed by atoms with E-state index in [4.69, 9.17) is 0 Å². The molecule has 0 radical (unpaired) electrons. The van der Waals surface area contributed by atoms with Crippen LogP contribution >= 0.6 is 0 Å². The maximum atomic E-state index is 10.8. The van der Waals surface area contributed by atoms with Gasteiger partial charge in [-0.25, -0.2) is 0 Å². The van der Waals surface area contributed by atoms with Crippen molar-refractivity contribution in [2.45, 2.75) is 79.4 Å². The zero-order valence-electron chi connectivity index (χ0n) is 15.6. The molecule has 0 fully saturated rings. The number of allylic oxidation sites excluding steroid dienone is 4. The molecule has 0 aliphatic rings. The molecule has 130 valence electrons. The summed E-state index contributed by atoms with van der Waals surface area (Å²) in [5.74, 6) is 0.700. The summed E-state index contributed by atoms with van der Waals surface area (Å²) in [5, 5.41) is 10.8. The molecule has 0 aromatic heterocycles. The minimum atomic E-state index is -0.323. The summed E-state index contributed by atoms with van der Waals surface area (Å²) in [5.41, 5.74) is 0. The maximum Gasteiger partial charge on any atom is 0.110 e. The largest absolute Gasteiger partial charge is 0.378 e. The first-order valence-electron chi connectivity index (χ1n) is 9.37. The molecule has 1 N–H and O–H groups in total. The molecule has 0 saturated heterocycles. The van der Waals surface area contributed by atoms with Crippen LogP contribution in [0.4, 0.5) is 0 Å². The Balaban J connectivity index is 4.69. The summed E-state index contributed by atoms with van der Waals surface area (Å²) in [6.07, 6.45) is 15.2. The van der Waals surface area contributed by atoms with Gasteiger partial charge in [0.25, 0.3) is 0 Å². The summed E-state index contributed by atoms with van der Waals surface area (Å²) in [6.45, 7) is 13.0. The lowest BCUT2D eigenvalue weighted by Crippen LogP contribution is -2.43. The summed E-state index contributed by atoms with van der Waals surface area (Å²) in [4.78, 5) is 2.29. The topological polar surface area (TPSA) is 23.5 Å². The third kappa shape index (κ3) is 8.75. The molecule has 0 bridgehead atoms. The van der Waals surface area contributed by atoms with Crippen molar-refractivity contribution in [2.75, 3.05) is 13.1 Å². The van der Waals surface area contributed by atoms with Crippen LogP contribution in [0, 0.1) is 11.8 Å². The van der Waals surface area contributed by atoms with Crippen molar-refractivity contribution in [2.24, 2.45) is 11.8 Å². The smallest absolute Gasteiger partial charge is 0.110 e. The van der Waals surface area contributed by atoms with Crippen molar-refractivity contribution in [3.63, 3.8) is 0 Å². The second-order valence-electron chi connectivity index (χ2n) is 6.31. The molecule has 0 aliphatic heterocycles. The Bertz CT molecular complexity index is 298. The fraction of sp³-hybridized carbons (Fsp3) is 0.800. The van der Waals surface area contributed by atoms with Gasteiger partial charge in [0, 0.05) is 19.0 Å². The molecule has 3 unspecified atom stereocenters. The molecule has 2 heteroatoms. The van der Waals surface area contributed by atoms with Crippen LogP contribution in [0.15, 0.2) is 24.3 Å². The molecular formula is C20H39NO. The van der Waals surface area contributed by atoms with E-state index in [0.717, 1.165) is 32.4 Å². The van der Waals surface area contributed by atoms with Gasteiger partial charge in [-0.15, -0.1) is 0 Å². The molecule has 0 rings (SSSR count). The molecule has 3 atom stereocenters. The second kappa shape index (κ2) is 14.0. The van der Waals surface area contributed by atoms with Gasteiger partial charge in [-0.2, -0.15) is 0 Å². The predicted molar refractivity (Wildman–Crippen MR) is 98.9 cm³/mol. The molecule has 0 heterocycles. The van der Waals surface area contributed by atoms with Crippen molar-refractivity contribution < 1.29 is 5.11 Å². The Morgan fingerprint density at radius 2 is 1.68 bits per heavy atom. The van der Waals surface area contributed by atoms with E-state index in [0.29, 0.717) is 11.8 Å². The zero-order valence-corrected chi connectivity index (χ0v) is 15.6. The number of nitrogens with zero attached hydrogens (tertiary/aromatic N) is 1. The summed E-state index contributed by atoms with van der Waals surface area (Å²) < 4.78 is 0. The monoisotopic (exact) mass is 309 g/mol. The van der Waals surface area contributed by atoms with Gasteiger partial charge in [0.05, 0.1) is 0 Å². The Morgan fingerprint density at radius 3 is 2.23 bits per heavy atom. The molecular weight excluding hydrogens is 270 g/mol. The number of aliphatic hydroxyl groups is 1. The number of rotatable bonds is 13. The van der Waals surface area contributed by atoms with Gasteiger partial charge in [0.1, 0.15) is 6.23 Å². The number of aliphatic hydroxyl groups excluding tert-OH is 1. The fourth-order valence-corrected chi connectivity index (χ4v) is 2.95. The quantitative estimate of drug-likeness (QED) is 0.280. The van der Waals surface area contributed by atoms with Gasteiger partial charge >= 0.3 is 0 Å². The Labute approximate surface area is 139 Å². The number of hydrogen-bond acceptors (Lipinski definition) is 2. The van der Waals surface area contributed by atoms with Gasteiger partial charge in [-0.3, -0.25) is 4.90 Å². The Hall–Kier alpha value is -0.600. The van der Waals surface area contributed by atoms with Gasteiger partial charge in [0.15, 0.2) is 0 Å². The van der Waals surface area contributed by atoms with E-state index in [1.165, 1.54) is 19.3 Å². The first-order valence-corrected chi connectivity index (χ1v) is 9.37. The van der Waals surface area contributed by atoms with Crippen molar-refractivity contribution in [3.05, 3.63) is 24.3 Å². The van der Waals surface area contributed by atoms with E-state index >= 15 is 0 Å². The van der Waals surface area contributed by atoms with Crippen molar-refractivity contribution >= 4 is 0 Å². The van der Waals surface area contributed by atoms with Crippen LogP contribution in [0.2, 0.25) is 0 Å². The lowest BCUT2D eigenvalue weighted by molar-refractivity contribution is -0.0526. The number of unbranched alkanes of at least 4 members (excludes halogenated alkanes) is 2. The molecule has 0 aromatic rings. The Morgan fingerprint density at radius 1 is 0.955 bits per heavy atom. The lowest BCUT2D eigenvalue weighted by Gasteiger charge is -2.35. The normalized spacial score (nSPS) is 16.7. The highest BCUT2D eigenvalue weighted by Crippen LogP contribution is 2.24. The third-order valence-corrected chi connectivity index (χ3v) is 4.36. The lowest BCUT2D eigenvalue weighted by atomic mass is 9.88. The SMILES string of the molecule is CC/C=C\C=C/C(C)C(CC)C(O)N(CCC)CCCCC. The van der Waals surface area contributed by atoms with Crippen LogP contribution in [-0.2, 0) is 0 Å². The van der Waals surface area contributed by atoms with E-state index in [2.05, 4.69) is 63.8 Å². The highest BCUT2D eigenvalue weighted by atomic mass is 16.3. The van der Waals surface area contributed by atoms with Crippen LogP contribution in [0.3, 0.4) is 0 Å². The molecule has 2 nitrogen and oxygen atoms in total. The predicted octanol–water partition coefficient (Wildman–Crippen LogP) is 5.39. The van der Waals surface area contributed by atoms with Crippen LogP contribution in [0.25, 0.3) is 0 Å². The third-order valence-electron chi connectivity index (χ3n) is 4.36. The van der Waals surface area contributed by atoms with Gasteiger partial charge < -0.3 is 5.11 Å². The molecule has 0 saturated carbocycles. The fourth-order valence-electron chi connectivity index (χ4n) is 2.95. The molecule has 22 heavy (non-hydrogen) atoms. The Kier molecular flexibility index (Phi) is 13.6. The number of hydrogen-bond donors (Lipinski definition) is 1. The summed E-state index contributed by atoms with van der Waals surface area (Å²) >= 11 is 0. The van der Waals surface area contributed by atoms with Gasteiger partial charge in [0.2, 0.25) is 0 Å². The van der Waals surface area contributed by atoms with Crippen LogP contribution in [0.1, 0.15) is 73.1 Å². The molecule has 0 aliphatic carbocycles. The van der Waals surface area contributed by atoms with Crippen molar-refractivity contribution in [1.29, 1.82) is 0 Å². The second-order valence-corrected chi connectivity index (χ2v) is 6.31. The van der Waals surface area contributed by atoms with Crippen LogP contribution < -0.4 is 0 Å². The van der Waals surface area contributed by atoms with Gasteiger partial charge in [-0.05, 0) is 31.6 Å².